The molecule has 1 fully saturated rings. The minimum atomic E-state index is 0.181. The Balaban J connectivity index is 2.03. The average Bonchev–Trinajstić information content (AvgIpc) is 3.03. The Bertz CT molecular complexity index is 735. The Morgan fingerprint density at radius 2 is 0.818 bits per heavy atom. The number of amides is 1. The van der Waals surface area contributed by atoms with Gasteiger partial charge in [0.15, 0.2) is 0 Å². The molecule has 0 unspecified atom stereocenters. The van der Waals surface area contributed by atoms with Gasteiger partial charge in [0.1, 0.15) is 0 Å². The highest BCUT2D eigenvalue weighted by atomic mass is 16.6. The first-order valence-corrected chi connectivity index (χ1v) is 18.0. The second-order valence-electron chi connectivity index (χ2n) is 11.6. The Morgan fingerprint density at radius 3 is 1.23 bits per heavy atom. The van der Waals surface area contributed by atoms with E-state index in [1.165, 1.54) is 77.0 Å². The van der Waals surface area contributed by atoms with Crippen molar-refractivity contribution in [1.82, 2.24) is 4.90 Å². The molecule has 0 saturated carbocycles. The molecule has 0 aromatic heterocycles. The van der Waals surface area contributed by atoms with Crippen molar-refractivity contribution in [3.8, 4) is 23.7 Å². The number of unbranched alkanes of at least 4 members (excludes halogenated alkanes) is 16. The highest BCUT2D eigenvalue weighted by Crippen LogP contribution is 2.11. The summed E-state index contributed by atoms with van der Waals surface area (Å²) in [6.45, 7) is 8.69. The van der Waals surface area contributed by atoms with Crippen LogP contribution in [0.2, 0.25) is 0 Å². The number of rotatable bonds is 18. The molecule has 7 nitrogen and oxygen atoms in total. The normalized spacial score (nSPS) is 16.2. The molecule has 1 aliphatic heterocycles. The molecule has 1 heterocycles. The van der Waals surface area contributed by atoms with Crippen molar-refractivity contribution >= 4 is 5.91 Å². The van der Waals surface area contributed by atoms with Crippen LogP contribution >= 0.6 is 0 Å². The molecule has 1 aliphatic rings. The van der Waals surface area contributed by atoms with Gasteiger partial charge in [0, 0.05) is 32.4 Å². The lowest BCUT2D eigenvalue weighted by Crippen LogP contribution is -2.37. The summed E-state index contributed by atoms with van der Waals surface area (Å²) in [6, 6.07) is 0. The number of ether oxygens (including phenoxy) is 5. The van der Waals surface area contributed by atoms with Crippen LogP contribution < -0.4 is 0 Å². The van der Waals surface area contributed by atoms with Gasteiger partial charge >= 0.3 is 0 Å². The Hall–Kier alpha value is -1.61. The quantitative estimate of drug-likeness (QED) is 0.118. The fourth-order valence-corrected chi connectivity index (χ4v) is 4.96. The molecule has 1 saturated heterocycles. The lowest BCUT2D eigenvalue weighted by Gasteiger charge is -2.23. The topological polar surface area (TPSA) is 66.5 Å². The van der Waals surface area contributed by atoms with Gasteiger partial charge in [-0.05, 0) is 31.1 Å². The second-order valence-corrected chi connectivity index (χ2v) is 11.6. The molecule has 1 rings (SSSR count). The molecule has 0 atom stereocenters. The van der Waals surface area contributed by atoms with Gasteiger partial charge in [-0.3, -0.25) is 4.79 Å². The summed E-state index contributed by atoms with van der Waals surface area (Å²) < 4.78 is 27.8. The van der Waals surface area contributed by atoms with E-state index in [2.05, 4.69) is 30.6 Å². The molecule has 254 valence electrons. The number of nitrogens with zero attached hydrogens (tertiary/aromatic N) is 1. The Kier molecular flexibility index (Phi) is 31.5. The molecule has 0 bridgehead atoms. The lowest BCUT2D eigenvalue weighted by molar-refractivity contribution is -0.133. The minimum Gasteiger partial charge on any atom is -0.377 e. The Labute approximate surface area is 270 Å². The molecule has 0 N–H and O–H groups in total. The molecule has 44 heavy (non-hydrogen) atoms. The molecule has 0 aromatic carbocycles. The summed E-state index contributed by atoms with van der Waals surface area (Å²) in [5.41, 5.74) is 0. The molecular formula is C37H65NO6. The highest BCUT2D eigenvalue weighted by Gasteiger charge is 2.13. The molecule has 7 heteroatoms. The van der Waals surface area contributed by atoms with Crippen LogP contribution in [0.1, 0.15) is 129 Å². The van der Waals surface area contributed by atoms with Crippen molar-refractivity contribution < 1.29 is 28.5 Å². The smallest absolute Gasteiger partial charge is 0.222 e. The molecule has 0 aliphatic carbocycles. The van der Waals surface area contributed by atoms with Crippen molar-refractivity contribution in [2.75, 3.05) is 79.2 Å². The van der Waals surface area contributed by atoms with E-state index < -0.39 is 0 Å². The van der Waals surface area contributed by atoms with Crippen LogP contribution in [-0.4, -0.2) is 90.0 Å². The zero-order valence-corrected chi connectivity index (χ0v) is 28.3. The Morgan fingerprint density at radius 1 is 0.477 bits per heavy atom. The number of carbonyl (C=O) groups excluding carboxylic acids is 1. The molecule has 1 amide bonds. The van der Waals surface area contributed by atoms with Crippen LogP contribution in [0.3, 0.4) is 0 Å². The number of carbonyl (C=O) groups is 1. The maximum atomic E-state index is 12.9. The molecule has 0 radical (unpaired) electrons. The average molecular weight is 620 g/mol. The van der Waals surface area contributed by atoms with Crippen LogP contribution in [0, 0.1) is 23.7 Å². The summed E-state index contributed by atoms with van der Waals surface area (Å²) in [5.74, 6) is 12.7. The van der Waals surface area contributed by atoms with Gasteiger partial charge in [-0.2, -0.15) is 0 Å². The third kappa shape index (κ3) is 29.1. The predicted molar refractivity (Wildman–Crippen MR) is 180 cm³/mol. The van der Waals surface area contributed by atoms with Gasteiger partial charge in [0.2, 0.25) is 5.91 Å². The van der Waals surface area contributed by atoms with E-state index in [9.17, 15) is 4.79 Å². The van der Waals surface area contributed by atoms with Crippen LogP contribution in [0.25, 0.3) is 0 Å². The van der Waals surface area contributed by atoms with E-state index in [1.807, 2.05) is 4.90 Å². The summed E-state index contributed by atoms with van der Waals surface area (Å²) in [4.78, 5) is 14.7. The molecule has 0 aromatic rings. The first-order chi connectivity index (χ1) is 21.8. The third-order valence-corrected chi connectivity index (χ3v) is 7.69. The monoisotopic (exact) mass is 619 g/mol. The largest absolute Gasteiger partial charge is 0.377 e. The zero-order chi connectivity index (χ0) is 31.4. The fourth-order valence-electron chi connectivity index (χ4n) is 4.96. The molecular weight excluding hydrogens is 554 g/mol. The molecule has 0 spiro atoms. The highest BCUT2D eigenvalue weighted by molar-refractivity contribution is 5.76. The van der Waals surface area contributed by atoms with Gasteiger partial charge in [-0.15, -0.1) is 0 Å². The van der Waals surface area contributed by atoms with Crippen LogP contribution in [0.15, 0.2) is 0 Å². The van der Waals surface area contributed by atoms with E-state index in [1.54, 1.807) is 0 Å². The van der Waals surface area contributed by atoms with E-state index >= 15 is 0 Å². The maximum Gasteiger partial charge on any atom is 0.222 e. The van der Waals surface area contributed by atoms with Crippen molar-refractivity contribution in [2.24, 2.45) is 0 Å². The van der Waals surface area contributed by atoms with Crippen LogP contribution in [-0.2, 0) is 28.5 Å². The van der Waals surface area contributed by atoms with E-state index in [0.29, 0.717) is 85.6 Å². The van der Waals surface area contributed by atoms with E-state index in [4.69, 9.17) is 23.7 Å². The SMILES string of the molecule is CCCCCCCCCCCCC#CC#CCCCCCCCCC(=O)N1CCOCCOCCOCCOCCOCC1. The van der Waals surface area contributed by atoms with E-state index in [-0.39, 0.29) is 5.91 Å². The van der Waals surface area contributed by atoms with Crippen molar-refractivity contribution in [1.29, 1.82) is 0 Å². The number of hydrogen-bond acceptors (Lipinski definition) is 6. The minimum absolute atomic E-state index is 0.181. The standard InChI is InChI=1S/C37H65NO6/c1-2-3-4-5-6-7-8-9-10-11-12-13-14-15-16-17-18-19-20-21-22-23-24-37(39)38-25-27-40-29-31-42-33-35-44-36-34-43-32-30-41-28-26-38/h2-12,17-36H2,1H3. The summed E-state index contributed by atoms with van der Waals surface area (Å²) >= 11 is 0. The van der Waals surface area contributed by atoms with Crippen molar-refractivity contribution in [3.63, 3.8) is 0 Å². The van der Waals surface area contributed by atoms with Gasteiger partial charge in [-0.25, -0.2) is 0 Å². The van der Waals surface area contributed by atoms with E-state index in [0.717, 1.165) is 38.5 Å². The second kappa shape index (κ2) is 34.3. The fraction of sp³-hybridized carbons (Fsp3) is 0.865. The summed E-state index contributed by atoms with van der Waals surface area (Å²) in [7, 11) is 0. The van der Waals surface area contributed by atoms with Gasteiger partial charge in [0.05, 0.1) is 66.1 Å². The maximum absolute atomic E-state index is 12.9. The zero-order valence-electron chi connectivity index (χ0n) is 28.3. The van der Waals surface area contributed by atoms with Gasteiger partial charge in [-0.1, -0.05) is 102 Å². The van der Waals surface area contributed by atoms with Crippen LogP contribution in [0.4, 0.5) is 0 Å². The van der Waals surface area contributed by atoms with Gasteiger partial charge < -0.3 is 28.6 Å². The first-order valence-electron chi connectivity index (χ1n) is 18.0. The first kappa shape index (κ1) is 40.4. The summed E-state index contributed by atoms with van der Waals surface area (Å²) in [6.07, 6.45) is 22.8. The third-order valence-electron chi connectivity index (χ3n) is 7.69. The van der Waals surface area contributed by atoms with Crippen molar-refractivity contribution in [3.05, 3.63) is 0 Å². The van der Waals surface area contributed by atoms with Crippen molar-refractivity contribution in [2.45, 2.75) is 129 Å². The summed E-state index contributed by atoms with van der Waals surface area (Å²) in [5, 5.41) is 0. The number of hydrogen-bond donors (Lipinski definition) is 0. The lowest BCUT2D eigenvalue weighted by atomic mass is 10.1. The van der Waals surface area contributed by atoms with Crippen LogP contribution in [0.5, 0.6) is 0 Å². The van der Waals surface area contributed by atoms with Gasteiger partial charge in [0.25, 0.3) is 0 Å². The predicted octanol–water partition coefficient (Wildman–Crippen LogP) is 7.35.